The van der Waals surface area contributed by atoms with Gasteiger partial charge in [0.25, 0.3) is 5.78 Å². The van der Waals surface area contributed by atoms with Crippen molar-refractivity contribution in [2.75, 3.05) is 5.32 Å². The highest BCUT2D eigenvalue weighted by Crippen LogP contribution is 2.23. The van der Waals surface area contributed by atoms with E-state index in [0.717, 1.165) is 22.8 Å². The average Bonchev–Trinajstić information content (AvgIpc) is 2.90. The second-order valence-corrected chi connectivity index (χ2v) is 4.23. The van der Waals surface area contributed by atoms with Crippen LogP contribution < -0.4 is 5.32 Å². The monoisotopic (exact) mass is 213 g/mol. The lowest BCUT2D eigenvalue weighted by Crippen LogP contribution is -2.02. The Morgan fingerprint density at radius 3 is 3.00 bits per heavy atom. The molecule has 1 aliphatic carbocycles. The number of imidazole rings is 1. The van der Waals surface area contributed by atoms with Gasteiger partial charge in [-0.25, -0.2) is 9.50 Å². The van der Waals surface area contributed by atoms with Gasteiger partial charge in [-0.1, -0.05) is 12.1 Å². The number of nitrogens with zero attached hydrogens (tertiary/aromatic N) is 3. The van der Waals surface area contributed by atoms with E-state index < -0.39 is 0 Å². The number of hydrogen-bond acceptors (Lipinski definition) is 3. The first-order valence-electron chi connectivity index (χ1n) is 5.50. The van der Waals surface area contributed by atoms with Gasteiger partial charge in [0.05, 0.1) is 11.0 Å². The molecule has 0 atom stereocenters. The second kappa shape index (κ2) is 2.75. The van der Waals surface area contributed by atoms with Crippen molar-refractivity contribution in [2.45, 2.75) is 18.9 Å². The Morgan fingerprint density at radius 2 is 2.12 bits per heavy atom. The highest BCUT2D eigenvalue weighted by Gasteiger charge is 2.22. The first kappa shape index (κ1) is 8.15. The Morgan fingerprint density at radius 1 is 1.25 bits per heavy atom. The molecule has 0 spiro atoms. The van der Waals surface area contributed by atoms with Gasteiger partial charge in [0.2, 0.25) is 5.95 Å². The Kier molecular flexibility index (Phi) is 1.40. The molecule has 0 radical (unpaired) electrons. The van der Waals surface area contributed by atoms with E-state index in [9.17, 15) is 0 Å². The smallest absolute Gasteiger partial charge is 0.253 e. The van der Waals surface area contributed by atoms with E-state index >= 15 is 0 Å². The summed E-state index contributed by atoms with van der Waals surface area (Å²) in [5, 5.41) is 6.55. The zero-order chi connectivity index (χ0) is 10.5. The van der Waals surface area contributed by atoms with Crippen molar-refractivity contribution in [3.8, 4) is 0 Å². The third kappa shape index (κ3) is 1.11. The van der Waals surface area contributed by atoms with E-state index in [1.807, 2.05) is 28.8 Å². The van der Waals surface area contributed by atoms with E-state index in [2.05, 4.69) is 20.4 Å². The normalized spacial score (nSPS) is 16.0. The van der Waals surface area contributed by atoms with Crippen molar-refractivity contribution in [3.63, 3.8) is 0 Å². The zero-order valence-corrected chi connectivity index (χ0v) is 8.64. The molecular weight excluding hydrogens is 202 g/mol. The molecule has 0 aliphatic heterocycles. The number of aromatic amines is 1. The van der Waals surface area contributed by atoms with Gasteiger partial charge in [0.15, 0.2) is 0 Å². The van der Waals surface area contributed by atoms with Crippen LogP contribution in [0, 0.1) is 0 Å². The number of rotatable bonds is 2. The van der Waals surface area contributed by atoms with Crippen molar-refractivity contribution in [1.82, 2.24) is 19.6 Å². The first-order chi connectivity index (χ1) is 7.90. The van der Waals surface area contributed by atoms with Gasteiger partial charge >= 0.3 is 0 Å². The number of para-hydroxylation sites is 2. The fraction of sp³-hybridized carbons (Fsp3) is 0.273. The molecule has 4 rings (SSSR count). The number of benzene rings is 1. The molecule has 1 aliphatic rings. The van der Waals surface area contributed by atoms with Crippen molar-refractivity contribution in [2.24, 2.45) is 0 Å². The first-order valence-corrected chi connectivity index (χ1v) is 5.50. The van der Waals surface area contributed by atoms with Gasteiger partial charge in [-0.05, 0) is 25.0 Å². The van der Waals surface area contributed by atoms with Crippen LogP contribution in [0.2, 0.25) is 0 Å². The summed E-state index contributed by atoms with van der Waals surface area (Å²) in [6, 6.07) is 8.62. The molecule has 5 nitrogen and oxygen atoms in total. The summed E-state index contributed by atoms with van der Waals surface area (Å²) in [6.07, 6.45) is 2.48. The van der Waals surface area contributed by atoms with Crippen LogP contribution in [0.1, 0.15) is 12.8 Å². The molecule has 2 heterocycles. The van der Waals surface area contributed by atoms with Crippen molar-refractivity contribution in [3.05, 3.63) is 24.3 Å². The van der Waals surface area contributed by atoms with Gasteiger partial charge in [-0.15, -0.1) is 0 Å². The summed E-state index contributed by atoms with van der Waals surface area (Å²) >= 11 is 0. The summed E-state index contributed by atoms with van der Waals surface area (Å²) in [6.45, 7) is 0. The number of anilines is 1. The van der Waals surface area contributed by atoms with Crippen LogP contribution in [0.5, 0.6) is 0 Å². The van der Waals surface area contributed by atoms with Crippen LogP contribution in [-0.2, 0) is 0 Å². The summed E-state index contributed by atoms with van der Waals surface area (Å²) in [7, 11) is 0. The minimum absolute atomic E-state index is 0.599. The van der Waals surface area contributed by atoms with Crippen LogP contribution in [0.15, 0.2) is 24.3 Å². The maximum absolute atomic E-state index is 4.44. The highest BCUT2D eigenvalue weighted by atomic mass is 15.4. The maximum atomic E-state index is 4.44. The van der Waals surface area contributed by atoms with Crippen LogP contribution >= 0.6 is 0 Å². The van der Waals surface area contributed by atoms with E-state index in [1.165, 1.54) is 12.8 Å². The lowest BCUT2D eigenvalue weighted by Gasteiger charge is -1.96. The summed E-state index contributed by atoms with van der Waals surface area (Å²) in [5.41, 5.74) is 2.04. The van der Waals surface area contributed by atoms with E-state index in [1.54, 1.807) is 0 Å². The van der Waals surface area contributed by atoms with E-state index in [0.29, 0.717) is 6.04 Å². The highest BCUT2D eigenvalue weighted by molar-refractivity contribution is 5.79. The van der Waals surface area contributed by atoms with Crippen molar-refractivity contribution < 1.29 is 0 Å². The zero-order valence-electron chi connectivity index (χ0n) is 8.64. The minimum atomic E-state index is 0.599. The number of H-pyrrole nitrogens is 1. The molecule has 3 aromatic rings. The van der Waals surface area contributed by atoms with Crippen LogP contribution in [0.3, 0.4) is 0 Å². The number of nitrogens with one attached hydrogen (secondary N) is 2. The van der Waals surface area contributed by atoms with Gasteiger partial charge in [0.1, 0.15) is 0 Å². The lowest BCUT2D eigenvalue weighted by atomic mass is 10.3. The summed E-state index contributed by atoms with van der Waals surface area (Å²) in [4.78, 5) is 8.86. The number of fused-ring (bicyclic) bond motifs is 3. The predicted octanol–water partition coefficient (Wildman–Crippen LogP) is 1.78. The fourth-order valence-corrected chi connectivity index (χ4v) is 1.91. The third-order valence-corrected chi connectivity index (χ3v) is 2.89. The van der Waals surface area contributed by atoms with Crippen LogP contribution in [0.4, 0.5) is 5.95 Å². The topological polar surface area (TPSA) is 58.0 Å². The number of aromatic nitrogens is 4. The minimum Gasteiger partial charge on any atom is -0.352 e. The SMILES string of the molecule is c1ccc2c(c1)nc1nc(NC3CC3)[nH]n12. The molecule has 1 aromatic carbocycles. The largest absolute Gasteiger partial charge is 0.352 e. The predicted molar refractivity (Wildman–Crippen MR) is 61.5 cm³/mol. The lowest BCUT2D eigenvalue weighted by molar-refractivity contribution is 0.986. The molecule has 0 unspecified atom stereocenters. The van der Waals surface area contributed by atoms with E-state index in [-0.39, 0.29) is 0 Å². The van der Waals surface area contributed by atoms with Crippen LogP contribution in [-0.4, -0.2) is 25.6 Å². The molecule has 5 heteroatoms. The van der Waals surface area contributed by atoms with Crippen molar-refractivity contribution in [1.29, 1.82) is 0 Å². The summed E-state index contributed by atoms with van der Waals surface area (Å²) in [5.74, 6) is 1.54. The Balaban J connectivity index is 1.90. The van der Waals surface area contributed by atoms with Crippen molar-refractivity contribution >= 4 is 22.8 Å². The molecule has 1 saturated carbocycles. The quantitative estimate of drug-likeness (QED) is 0.682. The molecule has 1 fully saturated rings. The third-order valence-electron chi connectivity index (χ3n) is 2.89. The molecule has 0 amide bonds. The average molecular weight is 213 g/mol. The standard InChI is InChI=1S/C11H11N5/c1-2-4-9-8(3-1)13-11-14-10(15-16(9)11)12-7-5-6-7/h1-4,7H,5-6H2,(H2,12,13,14,15). The Bertz CT molecular complexity index is 661. The van der Waals surface area contributed by atoms with Crippen LogP contribution in [0.25, 0.3) is 16.8 Å². The molecule has 0 saturated heterocycles. The van der Waals surface area contributed by atoms with E-state index in [4.69, 9.17) is 0 Å². The fourth-order valence-electron chi connectivity index (χ4n) is 1.91. The summed E-state index contributed by atoms with van der Waals surface area (Å²) < 4.78 is 1.92. The maximum Gasteiger partial charge on any atom is 0.253 e. The Labute approximate surface area is 91.5 Å². The molecular formula is C11H11N5. The molecule has 80 valence electrons. The molecule has 16 heavy (non-hydrogen) atoms. The number of hydrogen-bond donors (Lipinski definition) is 2. The second-order valence-electron chi connectivity index (χ2n) is 4.23. The van der Waals surface area contributed by atoms with Gasteiger partial charge in [0, 0.05) is 6.04 Å². The van der Waals surface area contributed by atoms with Gasteiger partial charge < -0.3 is 5.32 Å². The van der Waals surface area contributed by atoms with Gasteiger partial charge in [-0.3, -0.25) is 5.10 Å². The Hall–Kier alpha value is -2.04. The molecule has 2 aromatic heterocycles. The molecule has 0 bridgehead atoms. The van der Waals surface area contributed by atoms with Gasteiger partial charge in [-0.2, -0.15) is 4.98 Å². The molecule has 2 N–H and O–H groups in total.